The molecule has 0 radical (unpaired) electrons. The van der Waals surface area contributed by atoms with Crippen LogP contribution in [0.2, 0.25) is 0 Å². The zero-order valence-electron chi connectivity index (χ0n) is 16.4. The van der Waals surface area contributed by atoms with Gasteiger partial charge in [-0.2, -0.15) is 0 Å². The van der Waals surface area contributed by atoms with Gasteiger partial charge in [-0.15, -0.1) is 0 Å². The third kappa shape index (κ3) is 4.81. The van der Waals surface area contributed by atoms with Crippen molar-refractivity contribution in [3.63, 3.8) is 0 Å². The summed E-state index contributed by atoms with van der Waals surface area (Å²) in [7, 11) is -4.05. The normalized spacial score (nSPS) is 14.6. The number of nitrogens with one attached hydrogen (secondary N) is 2. The molecule has 0 saturated heterocycles. The van der Waals surface area contributed by atoms with Crippen LogP contribution >= 0.6 is 0 Å². The lowest BCUT2D eigenvalue weighted by Crippen LogP contribution is -2.33. The first-order valence-electron chi connectivity index (χ1n) is 9.75. The molecule has 1 heterocycles. The van der Waals surface area contributed by atoms with E-state index in [0.29, 0.717) is 29.7 Å². The standard InChI is InChI=1S/C23H20F2N2O3S/c24-18-5-1-3-15(11-18)12-22(17-4-2-6-19(25)13-17)27-31(29,30)20-8-7-16-9-10-26-23(28)21(16)14-20/h1-8,11,13-14,22,27H,9-10,12H2,(H,26,28). The minimum absolute atomic E-state index is 0.0658. The average molecular weight is 442 g/mol. The fourth-order valence-electron chi connectivity index (χ4n) is 3.66. The van der Waals surface area contributed by atoms with Gasteiger partial charge in [-0.3, -0.25) is 4.79 Å². The van der Waals surface area contributed by atoms with Crippen molar-refractivity contribution < 1.29 is 22.0 Å². The Morgan fingerprint density at radius 3 is 2.45 bits per heavy atom. The third-order valence-corrected chi connectivity index (χ3v) is 6.66. The van der Waals surface area contributed by atoms with Crippen molar-refractivity contribution in [3.8, 4) is 0 Å². The fraction of sp³-hybridized carbons (Fsp3) is 0.174. The molecular formula is C23H20F2N2O3S. The van der Waals surface area contributed by atoms with Crippen LogP contribution in [-0.4, -0.2) is 20.9 Å². The molecule has 2 N–H and O–H groups in total. The van der Waals surface area contributed by atoms with E-state index >= 15 is 0 Å². The van der Waals surface area contributed by atoms with Gasteiger partial charge in [0.15, 0.2) is 0 Å². The van der Waals surface area contributed by atoms with Gasteiger partial charge >= 0.3 is 0 Å². The van der Waals surface area contributed by atoms with Crippen molar-refractivity contribution in [1.29, 1.82) is 0 Å². The summed E-state index contributed by atoms with van der Waals surface area (Å²) in [6.45, 7) is 0.505. The molecule has 1 unspecified atom stereocenters. The molecule has 4 rings (SSSR count). The van der Waals surface area contributed by atoms with Crippen LogP contribution in [0.5, 0.6) is 0 Å². The van der Waals surface area contributed by atoms with E-state index < -0.39 is 27.7 Å². The quantitative estimate of drug-likeness (QED) is 0.614. The highest BCUT2D eigenvalue weighted by molar-refractivity contribution is 7.89. The van der Waals surface area contributed by atoms with Crippen molar-refractivity contribution in [2.45, 2.75) is 23.8 Å². The van der Waals surface area contributed by atoms with Crippen LogP contribution < -0.4 is 10.0 Å². The molecule has 3 aromatic rings. The molecule has 0 aromatic heterocycles. The van der Waals surface area contributed by atoms with E-state index in [4.69, 9.17) is 0 Å². The maximum Gasteiger partial charge on any atom is 0.251 e. The van der Waals surface area contributed by atoms with Crippen LogP contribution in [0.1, 0.15) is 33.1 Å². The van der Waals surface area contributed by atoms with Crippen molar-refractivity contribution in [2.75, 3.05) is 6.54 Å². The van der Waals surface area contributed by atoms with E-state index in [1.165, 1.54) is 48.5 Å². The molecule has 0 aliphatic carbocycles. The van der Waals surface area contributed by atoms with Crippen LogP contribution in [0.25, 0.3) is 0 Å². The Hall–Kier alpha value is -3.10. The molecule has 0 saturated carbocycles. The van der Waals surface area contributed by atoms with Crippen molar-refractivity contribution in [3.05, 3.63) is 101 Å². The number of benzene rings is 3. The number of rotatable bonds is 6. The Labute approximate surface area is 179 Å². The maximum absolute atomic E-state index is 13.8. The molecule has 1 amide bonds. The summed E-state index contributed by atoms with van der Waals surface area (Å²) in [6, 6.07) is 15.0. The van der Waals surface area contributed by atoms with E-state index in [1.54, 1.807) is 18.2 Å². The van der Waals surface area contributed by atoms with E-state index in [0.717, 1.165) is 5.56 Å². The molecule has 8 heteroatoms. The molecule has 0 fully saturated rings. The van der Waals surface area contributed by atoms with Gasteiger partial charge in [0.2, 0.25) is 10.0 Å². The summed E-state index contributed by atoms with van der Waals surface area (Å²) in [5.41, 5.74) is 2.07. The first-order valence-corrected chi connectivity index (χ1v) is 11.2. The van der Waals surface area contributed by atoms with Crippen LogP contribution in [0.4, 0.5) is 8.78 Å². The highest BCUT2D eigenvalue weighted by atomic mass is 32.2. The molecule has 0 bridgehead atoms. The Bertz CT molecular complexity index is 1250. The Morgan fingerprint density at radius 2 is 1.71 bits per heavy atom. The monoisotopic (exact) mass is 442 g/mol. The number of carbonyl (C=O) groups excluding carboxylic acids is 1. The van der Waals surface area contributed by atoms with Crippen LogP contribution in [0.15, 0.2) is 71.6 Å². The Kier molecular flexibility index (Phi) is 5.84. The van der Waals surface area contributed by atoms with Crippen molar-refractivity contribution in [2.24, 2.45) is 0 Å². The van der Waals surface area contributed by atoms with Gasteiger partial charge in [0.05, 0.1) is 10.9 Å². The van der Waals surface area contributed by atoms with Gasteiger partial charge in [-0.1, -0.05) is 30.3 Å². The predicted molar refractivity (Wildman–Crippen MR) is 112 cm³/mol. The summed E-state index contributed by atoms with van der Waals surface area (Å²) in [4.78, 5) is 12.0. The second-order valence-electron chi connectivity index (χ2n) is 7.39. The van der Waals surface area contributed by atoms with E-state index in [1.807, 2.05) is 0 Å². The van der Waals surface area contributed by atoms with E-state index in [-0.39, 0.29) is 17.2 Å². The van der Waals surface area contributed by atoms with Crippen LogP contribution in [-0.2, 0) is 22.9 Å². The second-order valence-corrected chi connectivity index (χ2v) is 9.10. The van der Waals surface area contributed by atoms with Crippen molar-refractivity contribution in [1.82, 2.24) is 10.0 Å². The number of hydrogen-bond acceptors (Lipinski definition) is 3. The summed E-state index contributed by atoms with van der Waals surface area (Å²) in [6.07, 6.45) is 0.742. The second kappa shape index (κ2) is 8.56. The van der Waals surface area contributed by atoms with E-state index in [2.05, 4.69) is 10.0 Å². The molecule has 5 nitrogen and oxygen atoms in total. The Morgan fingerprint density at radius 1 is 0.968 bits per heavy atom. The number of hydrogen-bond donors (Lipinski definition) is 2. The molecule has 31 heavy (non-hydrogen) atoms. The number of sulfonamides is 1. The van der Waals surface area contributed by atoms with Gasteiger partial charge in [0.25, 0.3) is 5.91 Å². The zero-order valence-corrected chi connectivity index (χ0v) is 17.3. The van der Waals surface area contributed by atoms with Crippen LogP contribution in [0, 0.1) is 11.6 Å². The average Bonchev–Trinajstić information content (AvgIpc) is 2.73. The lowest BCUT2D eigenvalue weighted by molar-refractivity contribution is 0.0945. The lowest BCUT2D eigenvalue weighted by atomic mass is 9.99. The third-order valence-electron chi connectivity index (χ3n) is 5.19. The molecule has 3 aromatic carbocycles. The SMILES string of the molecule is O=C1NCCc2ccc(S(=O)(=O)NC(Cc3cccc(F)c3)c3cccc(F)c3)cc21. The molecule has 0 spiro atoms. The largest absolute Gasteiger partial charge is 0.352 e. The highest BCUT2D eigenvalue weighted by Crippen LogP contribution is 2.25. The minimum atomic E-state index is -4.05. The number of fused-ring (bicyclic) bond motifs is 1. The van der Waals surface area contributed by atoms with Gasteiger partial charge in [-0.25, -0.2) is 21.9 Å². The summed E-state index contributed by atoms with van der Waals surface area (Å²) < 4.78 is 56.4. The van der Waals surface area contributed by atoms with Gasteiger partial charge in [0, 0.05) is 12.1 Å². The zero-order chi connectivity index (χ0) is 22.0. The first kappa shape index (κ1) is 21.1. The van der Waals surface area contributed by atoms with Gasteiger partial charge in [-0.05, 0) is 65.9 Å². The predicted octanol–water partition coefficient (Wildman–Crippen LogP) is 3.51. The molecule has 160 valence electrons. The van der Waals surface area contributed by atoms with E-state index in [9.17, 15) is 22.0 Å². The Balaban J connectivity index is 1.68. The first-order chi connectivity index (χ1) is 14.8. The maximum atomic E-state index is 13.8. The van der Waals surface area contributed by atoms with Gasteiger partial charge < -0.3 is 5.32 Å². The smallest absolute Gasteiger partial charge is 0.251 e. The topological polar surface area (TPSA) is 75.3 Å². The van der Waals surface area contributed by atoms with Gasteiger partial charge in [0.1, 0.15) is 11.6 Å². The summed E-state index contributed by atoms with van der Waals surface area (Å²) in [5.74, 6) is -1.27. The van der Waals surface area contributed by atoms with Crippen LogP contribution in [0.3, 0.4) is 0 Å². The highest BCUT2D eigenvalue weighted by Gasteiger charge is 2.25. The van der Waals surface area contributed by atoms with Crippen molar-refractivity contribution >= 4 is 15.9 Å². The molecular weight excluding hydrogens is 422 g/mol. The number of carbonyl (C=O) groups is 1. The lowest BCUT2D eigenvalue weighted by Gasteiger charge is -2.21. The molecule has 1 aliphatic rings. The number of amides is 1. The summed E-state index contributed by atoms with van der Waals surface area (Å²) >= 11 is 0. The molecule has 1 aliphatic heterocycles. The molecule has 1 atom stereocenters. The summed E-state index contributed by atoms with van der Waals surface area (Å²) in [5, 5.41) is 2.70. The number of halogens is 2. The minimum Gasteiger partial charge on any atom is -0.352 e. The fourth-order valence-corrected chi connectivity index (χ4v) is 4.91.